The molecule has 64 valence electrons. The van der Waals surface area contributed by atoms with Crippen molar-refractivity contribution in [1.29, 1.82) is 0 Å². The first-order chi connectivity index (χ1) is 5.16. The number of carboxylic acid groups (broad SMARTS) is 1. The normalized spacial score (nSPS) is 12.1. The summed E-state index contributed by atoms with van der Waals surface area (Å²) >= 11 is 0. The Morgan fingerprint density at radius 1 is 1.91 bits per heavy atom. The van der Waals surface area contributed by atoms with Crippen molar-refractivity contribution in [3.63, 3.8) is 0 Å². The maximum atomic E-state index is 10.1. The third-order valence-corrected chi connectivity index (χ3v) is 0.973. The standard InChI is InChI=1S/C7H13NO3/c1-3-4-11-5-6(2)8-7(9)10/h3,6,8H,1,4-5H2,2H3,(H,9,10)/t6-/m0/s1. The molecule has 0 aliphatic carbocycles. The summed E-state index contributed by atoms with van der Waals surface area (Å²) in [5.41, 5.74) is 0. The highest BCUT2D eigenvalue weighted by Gasteiger charge is 2.03. The number of rotatable bonds is 5. The van der Waals surface area contributed by atoms with Crippen LogP contribution in [0.3, 0.4) is 0 Å². The van der Waals surface area contributed by atoms with E-state index in [4.69, 9.17) is 9.84 Å². The van der Waals surface area contributed by atoms with Gasteiger partial charge in [0.15, 0.2) is 0 Å². The summed E-state index contributed by atoms with van der Waals surface area (Å²) in [4.78, 5) is 10.1. The quantitative estimate of drug-likeness (QED) is 0.461. The second-order valence-corrected chi connectivity index (χ2v) is 2.18. The lowest BCUT2D eigenvalue weighted by Crippen LogP contribution is -2.34. The van der Waals surface area contributed by atoms with E-state index in [-0.39, 0.29) is 6.04 Å². The number of carbonyl (C=O) groups is 1. The van der Waals surface area contributed by atoms with Crippen molar-refractivity contribution >= 4 is 6.09 Å². The molecule has 11 heavy (non-hydrogen) atoms. The predicted molar refractivity (Wildman–Crippen MR) is 41.6 cm³/mol. The largest absolute Gasteiger partial charge is 0.465 e. The lowest BCUT2D eigenvalue weighted by Gasteiger charge is -2.09. The number of hydrogen-bond donors (Lipinski definition) is 2. The van der Waals surface area contributed by atoms with Gasteiger partial charge in [-0.2, -0.15) is 0 Å². The average molecular weight is 159 g/mol. The van der Waals surface area contributed by atoms with Crippen LogP contribution >= 0.6 is 0 Å². The lowest BCUT2D eigenvalue weighted by atomic mass is 10.4. The van der Waals surface area contributed by atoms with E-state index in [0.29, 0.717) is 13.2 Å². The fourth-order valence-corrected chi connectivity index (χ4v) is 0.581. The van der Waals surface area contributed by atoms with Gasteiger partial charge in [0, 0.05) is 0 Å². The first-order valence-corrected chi connectivity index (χ1v) is 3.35. The van der Waals surface area contributed by atoms with Crippen LogP contribution in [0.25, 0.3) is 0 Å². The third-order valence-electron chi connectivity index (χ3n) is 0.973. The summed E-state index contributed by atoms with van der Waals surface area (Å²) < 4.78 is 5.00. The molecule has 0 aromatic carbocycles. The molecule has 0 aromatic rings. The van der Waals surface area contributed by atoms with E-state index in [1.54, 1.807) is 13.0 Å². The minimum Gasteiger partial charge on any atom is -0.465 e. The van der Waals surface area contributed by atoms with Gasteiger partial charge in [0.05, 0.1) is 19.3 Å². The Morgan fingerprint density at radius 2 is 2.55 bits per heavy atom. The molecular formula is C7H13NO3. The van der Waals surface area contributed by atoms with E-state index >= 15 is 0 Å². The van der Waals surface area contributed by atoms with Crippen LogP contribution in [0.4, 0.5) is 4.79 Å². The summed E-state index contributed by atoms with van der Waals surface area (Å²) in [6.45, 7) is 6.01. The second-order valence-electron chi connectivity index (χ2n) is 2.18. The molecule has 0 unspecified atom stereocenters. The van der Waals surface area contributed by atoms with Gasteiger partial charge in [-0.05, 0) is 6.92 Å². The minimum absolute atomic E-state index is 0.174. The molecule has 0 aliphatic heterocycles. The van der Waals surface area contributed by atoms with E-state index in [1.807, 2.05) is 0 Å². The van der Waals surface area contributed by atoms with E-state index in [2.05, 4.69) is 11.9 Å². The third kappa shape index (κ3) is 6.86. The zero-order chi connectivity index (χ0) is 8.69. The maximum Gasteiger partial charge on any atom is 0.404 e. The number of amides is 1. The van der Waals surface area contributed by atoms with Crippen LogP contribution in [0.5, 0.6) is 0 Å². The summed E-state index contributed by atoms with van der Waals surface area (Å²) in [5, 5.41) is 10.5. The first kappa shape index (κ1) is 9.97. The van der Waals surface area contributed by atoms with Gasteiger partial charge >= 0.3 is 6.09 Å². The van der Waals surface area contributed by atoms with Crippen molar-refractivity contribution in [2.24, 2.45) is 0 Å². The van der Waals surface area contributed by atoms with E-state index in [9.17, 15) is 4.79 Å². The van der Waals surface area contributed by atoms with Crippen molar-refractivity contribution < 1.29 is 14.6 Å². The van der Waals surface area contributed by atoms with Gasteiger partial charge < -0.3 is 15.2 Å². The fourth-order valence-electron chi connectivity index (χ4n) is 0.581. The molecule has 0 rings (SSSR count). The molecule has 4 heteroatoms. The van der Waals surface area contributed by atoms with Gasteiger partial charge in [0.2, 0.25) is 0 Å². The van der Waals surface area contributed by atoms with Gasteiger partial charge in [0.1, 0.15) is 0 Å². The highest BCUT2D eigenvalue weighted by molar-refractivity contribution is 5.64. The lowest BCUT2D eigenvalue weighted by molar-refractivity contribution is 0.134. The highest BCUT2D eigenvalue weighted by Crippen LogP contribution is 1.84. The molecule has 4 nitrogen and oxygen atoms in total. The Bertz CT molecular complexity index is 136. The van der Waals surface area contributed by atoms with Crippen LogP contribution in [0.15, 0.2) is 12.7 Å². The number of ether oxygens (including phenoxy) is 1. The summed E-state index contributed by atoms with van der Waals surface area (Å²) in [5.74, 6) is 0. The van der Waals surface area contributed by atoms with Crippen LogP contribution in [0, 0.1) is 0 Å². The zero-order valence-corrected chi connectivity index (χ0v) is 6.54. The monoisotopic (exact) mass is 159 g/mol. The molecule has 0 saturated heterocycles. The Morgan fingerprint density at radius 3 is 3.00 bits per heavy atom. The maximum absolute atomic E-state index is 10.1. The molecule has 1 atom stereocenters. The average Bonchev–Trinajstić information content (AvgIpc) is 1.86. The van der Waals surface area contributed by atoms with Gasteiger partial charge in [-0.3, -0.25) is 0 Å². The molecule has 0 bridgehead atoms. The van der Waals surface area contributed by atoms with Gasteiger partial charge in [-0.15, -0.1) is 6.58 Å². The highest BCUT2D eigenvalue weighted by atomic mass is 16.5. The van der Waals surface area contributed by atoms with E-state index < -0.39 is 6.09 Å². The smallest absolute Gasteiger partial charge is 0.404 e. The van der Waals surface area contributed by atoms with Gasteiger partial charge in [-0.25, -0.2) is 4.79 Å². The topological polar surface area (TPSA) is 58.6 Å². The molecule has 0 saturated carbocycles. The Labute approximate surface area is 65.9 Å². The Hall–Kier alpha value is -1.03. The molecule has 0 radical (unpaired) electrons. The summed E-state index contributed by atoms with van der Waals surface area (Å²) in [6, 6.07) is -0.174. The van der Waals surface area contributed by atoms with Crippen molar-refractivity contribution in [2.45, 2.75) is 13.0 Å². The fraction of sp³-hybridized carbons (Fsp3) is 0.571. The molecule has 0 fully saturated rings. The second kappa shape index (κ2) is 5.73. The first-order valence-electron chi connectivity index (χ1n) is 3.35. The Kier molecular flexibility index (Phi) is 5.20. The SMILES string of the molecule is C=CCOC[C@H](C)NC(=O)O. The molecule has 0 spiro atoms. The van der Waals surface area contributed by atoms with Gasteiger partial charge in [0.25, 0.3) is 0 Å². The van der Waals surface area contributed by atoms with Crippen LogP contribution < -0.4 is 5.32 Å². The molecule has 0 heterocycles. The summed E-state index contributed by atoms with van der Waals surface area (Å²) in [6.07, 6.45) is 0.590. The van der Waals surface area contributed by atoms with Crippen LogP contribution in [0.2, 0.25) is 0 Å². The van der Waals surface area contributed by atoms with Crippen molar-refractivity contribution in [3.8, 4) is 0 Å². The molecule has 2 N–H and O–H groups in total. The van der Waals surface area contributed by atoms with E-state index in [0.717, 1.165) is 0 Å². The van der Waals surface area contributed by atoms with Crippen LogP contribution in [-0.2, 0) is 4.74 Å². The molecular weight excluding hydrogens is 146 g/mol. The Balaban J connectivity index is 3.28. The van der Waals surface area contributed by atoms with Crippen molar-refractivity contribution in [3.05, 3.63) is 12.7 Å². The molecule has 1 amide bonds. The molecule has 0 aromatic heterocycles. The van der Waals surface area contributed by atoms with Crippen LogP contribution in [-0.4, -0.2) is 30.5 Å². The van der Waals surface area contributed by atoms with Crippen molar-refractivity contribution in [2.75, 3.05) is 13.2 Å². The number of hydrogen-bond acceptors (Lipinski definition) is 2. The zero-order valence-electron chi connectivity index (χ0n) is 6.54. The molecule has 0 aliphatic rings. The summed E-state index contributed by atoms with van der Waals surface area (Å²) in [7, 11) is 0. The van der Waals surface area contributed by atoms with Gasteiger partial charge in [-0.1, -0.05) is 6.08 Å². The van der Waals surface area contributed by atoms with E-state index in [1.165, 1.54) is 0 Å². The number of nitrogens with one attached hydrogen (secondary N) is 1. The van der Waals surface area contributed by atoms with Crippen molar-refractivity contribution in [1.82, 2.24) is 5.32 Å². The van der Waals surface area contributed by atoms with Crippen LogP contribution in [0.1, 0.15) is 6.92 Å². The predicted octanol–water partition coefficient (Wildman–Crippen LogP) is 0.845. The minimum atomic E-state index is -1.03.